The lowest BCUT2D eigenvalue weighted by molar-refractivity contribution is 0.136. The Bertz CT molecular complexity index is 915. The van der Waals surface area contributed by atoms with Crippen molar-refractivity contribution in [2.75, 3.05) is 11.9 Å². The van der Waals surface area contributed by atoms with Gasteiger partial charge in [0.25, 0.3) is 0 Å². The number of halogens is 2. The van der Waals surface area contributed by atoms with Crippen LogP contribution in [0.25, 0.3) is 0 Å². The Hall–Kier alpha value is -2.96. The van der Waals surface area contributed by atoms with Crippen LogP contribution in [0.1, 0.15) is 36.1 Å². The number of anilines is 1. The monoisotopic (exact) mass is 413 g/mol. The van der Waals surface area contributed by atoms with Crippen LogP contribution in [0, 0.1) is 17.6 Å². The van der Waals surface area contributed by atoms with Crippen LogP contribution < -0.4 is 5.32 Å². The lowest BCUT2D eigenvalue weighted by Gasteiger charge is -2.29. The third-order valence-corrected chi connectivity index (χ3v) is 5.19. The molecule has 30 heavy (non-hydrogen) atoms. The van der Waals surface area contributed by atoms with Crippen molar-refractivity contribution in [3.05, 3.63) is 95.6 Å². The largest absolute Gasteiger partial charge is 0.508 e. The maximum absolute atomic E-state index is 13.3. The van der Waals surface area contributed by atoms with Gasteiger partial charge < -0.3 is 20.6 Å². The van der Waals surface area contributed by atoms with Crippen molar-refractivity contribution in [2.24, 2.45) is 5.92 Å². The number of aromatic hydroxyl groups is 1. The molecule has 0 saturated carbocycles. The summed E-state index contributed by atoms with van der Waals surface area (Å²) in [5, 5.41) is 33.5. The molecule has 0 radical (unpaired) electrons. The van der Waals surface area contributed by atoms with Crippen molar-refractivity contribution < 1.29 is 24.1 Å². The number of hydrogen-bond acceptors (Lipinski definition) is 4. The number of phenols is 1. The van der Waals surface area contributed by atoms with E-state index in [0.29, 0.717) is 24.1 Å². The van der Waals surface area contributed by atoms with Gasteiger partial charge in [-0.2, -0.15) is 0 Å². The molecule has 3 rings (SSSR count). The zero-order valence-corrected chi connectivity index (χ0v) is 16.4. The number of aliphatic hydroxyl groups excluding tert-OH is 2. The molecule has 4 nitrogen and oxygen atoms in total. The second kappa shape index (κ2) is 10.2. The first-order valence-electron chi connectivity index (χ1n) is 9.81. The molecule has 0 saturated heterocycles. The SMILES string of the molecule is OC[C@H](CC[C@H](O)c1ccc(F)cc1)[C@H](Nc1ccc(F)cc1)c1ccc(O)cc1. The molecule has 0 amide bonds. The second-order valence-corrected chi connectivity index (χ2v) is 7.31. The lowest BCUT2D eigenvalue weighted by atomic mass is 9.87. The summed E-state index contributed by atoms with van der Waals surface area (Å²) >= 11 is 0. The predicted octanol–water partition coefficient (Wildman–Crippen LogP) is 4.95. The highest BCUT2D eigenvalue weighted by Gasteiger charge is 2.24. The van der Waals surface area contributed by atoms with Crippen molar-refractivity contribution in [2.45, 2.75) is 25.0 Å². The van der Waals surface area contributed by atoms with Crippen LogP contribution in [0.2, 0.25) is 0 Å². The zero-order chi connectivity index (χ0) is 21.5. The highest BCUT2D eigenvalue weighted by molar-refractivity contribution is 5.46. The first-order chi connectivity index (χ1) is 14.5. The van der Waals surface area contributed by atoms with Gasteiger partial charge in [-0.05, 0) is 72.5 Å². The van der Waals surface area contributed by atoms with Gasteiger partial charge in [0, 0.05) is 18.2 Å². The third-order valence-electron chi connectivity index (χ3n) is 5.19. The second-order valence-electron chi connectivity index (χ2n) is 7.31. The minimum atomic E-state index is -0.786. The van der Waals surface area contributed by atoms with E-state index in [1.165, 1.54) is 24.3 Å². The first kappa shape index (κ1) is 21.7. The van der Waals surface area contributed by atoms with Crippen LogP contribution in [0.4, 0.5) is 14.5 Å². The molecule has 0 fully saturated rings. The summed E-state index contributed by atoms with van der Waals surface area (Å²) in [4.78, 5) is 0. The molecular formula is C24H25F2NO3. The molecular weight excluding hydrogens is 388 g/mol. The molecule has 6 heteroatoms. The smallest absolute Gasteiger partial charge is 0.123 e. The number of benzene rings is 3. The van der Waals surface area contributed by atoms with Gasteiger partial charge in [0.05, 0.1) is 12.1 Å². The van der Waals surface area contributed by atoms with E-state index in [1.807, 2.05) is 0 Å². The van der Waals surface area contributed by atoms with Gasteiger partial charge >= 0.3 is 0 Å². The number of nitrogens with one attached hydrogen (secondary N) is 1. The molecule has 0 aliphatic carbocycles. The minimum absolute atomic E-state index is 0.131. The van der Waals surface area contributed by atoms with Gasteiger partial charge in [0.2, 0.25) is 0 Å². The summed E-state index contributed by atoms with van der Waals surface area (Å²) < 4.78 is 26.4. The highest BCUT2D eigenvalue weighted by Crippen LogP contribution is 2.33. The molecule has 0 spiro atoms. The maximum atomic E-state index is 13.3. The lowest BCUT2D eigenvalue weighted by Crippen LogP contribution is -2.24. The van der Waals surface area contributed by atoms with Crippen molar-refractivity contribution in [1.82, 2.24) is 0 Å². The molecule has 0 aromatic heterocycles. The topological polar surface area (TPSA) is 72.7 Å². The Morgan fingerprint density at radius 2 is 1.27 bits per heavy atom. The Labute approximate surface area is 174 Å². The van der Waals surface area contributed by atoms with E-state index in [-0.39, 0.29) is 36.0 Å². The number of phenolic OH excluding ortho intramolecular Hbond substituents is 1. The van der Waals surface area contributed by atoms with Gasteiger partial charge in [0.15, 0.2) is 0 Å². The first-order valence-corrected chi connectivity index (χ1v) is 9.81. The van der Waals surface area contributed by atoms with Gasteiger partial charge in [-0.15, -0.1) is 0 Å². The van der Waals surface area contributed by atoms with E-state index in [9.17, 15) is 24.1 Å². The molecule has 0 aliphatic rings. The number of rotatable bonds is 9. The average molecular weight is 413 g/mol. The molecule has 3 aromatic rings. The van der Waals surface area contributed by atoms with E-state index in [2.05, 4.69) is 5.32 Å². The highest BCUT2D eigenvalue weighted by atomic mass is 19.1. The van der Waals surface area contributed by atoms with Crippen LogP contribution in [0.5, 0.6) is 5.75 Å². The van der Waals surface area contributed by atoms with E-state index >= 15 is 0 Å². The van der Waals surface area contributed by atoms with Crippen molar-refractivity contribution in [3.8, 4) is 5.75 Å². The Balaban J connectivity index is 1.77. The van der Waals surface area contributed by atoms with Crippen LogP contribution >= 0.6 is 0 Å². The quantitative estimate of drug-likeness (QED) is 0.401. The predicted molar refractivity (Wildman–Crippen MR) is 112 cm³/mol. The molecule has 0 aliphatic heterocycles. The van der Waals surface area contributed by atoms with Crippen LogP contribution in [-0.4, -0.2) is 21.9 Å². The third kappa shape index (κ3) is 5.78. The molecule has 0 unspecified atom stereocenters. The normalized spacial score (nSPS) is 14.1. The van der Waals surface area contributed by atoms with Gasteiger partial charge in [-0.1, -0.05) is 24.3 Å². The summed E-state index contributed by atoms with van der Waals surface area (Å²) in [6, 6.07) is 17.9. The minimum Gasteiger partial charge on any atom is -0.508 e. The van der Waals surface area contributed by atoms with Crippen LogP contribution in [0.3, 0.4) is 0 Å². The van der Waals surface area contributed by atoms with E-state index in [1.54, 1.807) is 48.5 Å². The van der Waals surface area contributed by atoms with Crippen molar-refractivity contribution in [3.63, 3.8) is 0 Å². The molecule has 158 valence electrons. The fraction of sp³-hybridized carbons (Fsp3) is 0.250. The summed E-state index contributed by atoms with van der Waals surface area (Å²) in [6.45, 7) is -0.143. The van der Waals surface area contributed by atoms with Gasteiger partial charge in [0.1, 0.15) is 17.4 Å². The Kier molecular flexibility index (Phi) is 7.38. The Morgan fingerprint density at radius 1 is 0.733 bits per heavy atom. The van der Waals surface area contributed by atoms with Gasteiger partial charge in [-0.25, -0.2) is 8.78 Å². The van der Waals surface area contributed by atoms with E-state index in [0.717, 1.165) is 5.56 Å². The molecule has 3 aromatic carbocycles. The van der Waals surface area contributed by atoms with Crippen molar-refractivity contribution in [1.29, 1.82) is 0 Å². The number of aliphatic hydroxyl groups is 2. The average Bonchev–Trinajstić information content (AvgIpc) is 2.75. The zero-order valence-electron chi connectivity index (χ0n) is 16.4. The van der Waals surface area contributed by atoms with Gasteiger partial charge in [-0.3, -0.25) is 0 Å². The molecule has 0 bridgehead atoms. The standard InChI is InChI=1S/C24H25F2NO3/c25-19-6-1-16(2-7-19)23(30)14-5-18(15-28)24(17-3-12-22(29)13-4-17)27-21-10-8-20(26)9-11-21/h1-4,6-13,18,23-24,27-30H,5,14-15H2/t18-,23-,24+/m0/s1. The van der Waals surface area contributed by atoms with Crippen LogP contribution in [0.15, 0.2) is 72.8 Å². The van der Waals surface area contributed by atoms with E-state index < -0.39 is 6.10 Å². The fourth-order valence-electron chi connectivity index (χ4n) is 3.47. The summed E-state index contributed by atoms with van der Waals surface area (Å²) in [7, 11) is 0. The molecule has 4 N–H and O–H groups in total. The number of hydrogen-bond donors (Lipinski definition) is 4. The maximum Gasteiger partial charge on any atom is 0.123 e. The Morgan fingerprint density at radius 3 is 1.83 bits per heavy atom. The van der Waals surface area contributed by atoms with E-state index in [4.69, 9.17) is 0 Å². The van der Waals surface area contributed by atoms with Crippen LogP contribution in [-0.2, 0) is 0 Å². The molecule has 3 atom stereocenters. The summed E-state index contributed by atoms with van der Waals surface area (Å²) in [5.41, 5.74) is 2.14. The summed E-state index contributed by atoms with van der Waals surface area (Å²) in [5.74, 6) is -0.848. The summed E-state index contributed by atoms with van der Waals surface area (Å²) in [6.07, 6.45) is 0.0663. The molecule has 0 heterocycles. The fourth-order valence-corrected chi connectivity index (χ4v) is 3.47. The van der Waals surface area contributed by atoms with Crippen molar-refractivity contribution >= 4 is 5.69 Å².